The third kappa shape index (κ3) is 5.24. The number of anilines is 1. The first kappa shape index (κ1) is 20.2. The van der Waals surface area contributed by atoms with Gasteiger partial charge in [-0.1, -0.05) is 72.8 Å². The number of carbonyl (C=O) groups is 1. The van der Waals surface area contributed by atoms with Crippen LogP contribution in [0, 0.1) is 0 Å². The van der Waals surface area contributed by atoms with Gasteiger partial charge in [0.1, 0.15) is 5.78 Å². The van der Waals surface area contributed by atoms with Gasteiger partial charge >= 0.3 is 0 Å². The summed E-state index contributed by atoms with van der Waals surface area (Å²) in [5.74, 6) is -0.797. The highest BCUT2D eigenvalue weighted by atomic mass is 31.2. The lowest BCUT2D eigenvalue weighted by atomic mass is 9.98. The Balaban J connectivity index is 1.91. The van der Waals surface area contributed by atoms with Gasteiger partial charge in [-0.2, -0.15) is 0 Å². The lowest BCUT2D eigenvalue weighted by Crippen LogP contribution is -2.26. The molecule has 0 saturated heterocycles. The number of hydrogen-bond donors (Lipinski definition) is 4. The predicted molar refractivity (Wildman–Crippen MR) is 113 cm³/mol. The van der Waals surface area contributed by atoms with Gasteiger partial charge in [0.05, 0.1) is 6.04 Å². The second kappa shape index (κ2) is 9.58. The zero-order chi connectivity index (χ0) is 19.9. The second-order valence-electron chi connectivity index (χ2n) is 6.45. The maximum Gasteiger partial charge on any atom is 0.221 e. The van der Waals surface area contributed by atoms with Crippen molar-refractivity contribution >= 4 is 20.0 Å². The molecule has 0 aliphatic rings. The van der Waals surface area contributed by atoms with Crippen LogP contribution in [0.25, 0.3) is 0 Å². The summed E-state index contributed by atoms with van der Waals surface area (Å²) in [6.45, 7) is 1.45. The summed E-state index contributed by atoms with van der Waals surface area (Å²) >= 11 is 0. The first-order chi connectivity index (χ1) is 13.5. The van der Waals surface area contributed by atoms with E-state index in [1.807, 2.05) is 60.7 Å². The Morgan fingerprint density at radius 2 is 1.29 bits per heavy atom. The smallest absolute Gasteiger partial charge is 0.221 e. The quantitative estimate of drug-likeness (QED) is 0.450. The molecule has 3 aromatic carbocycles. The molecular weight excluding hydrogens is 371 g/mol. The van der Waals surface area contributed by atoms with Gasteiger partial charge in [0.25, 0.3) is 0 Å². The molecule has 3 rings (SSSR count). The van der Waals surface area contributed by atoms with E-state index in [0.29, 0.717) is 5.69 Å². The standard InChI is InChI=1S/C22H23N2O3P/c1-16(25)23-20-14-12-19(13-15-20)22(28(26)27)24-21(17-8-4-2-5-9-17)18-10-6-3-7-11-18/h2-15,21-22,24,26-27H,1H3,(H,23,25). The van der Waals surface area contributed by atoms with E-state index in [9.17, 15) is 14.6 Å². The Hall–Kier alpha value is -2.56. The number of carbonyl (C=O) groups excluding carboxylic acids is 1. The average molecular weight is 394 g/mol. The van der Waals surface area contributed by atoms with E-state index in [1.54, 1.807) is 24.3 Å². The van der Waals surface area contributed by atoms with Crippen LogP contribution in [-0.4, -0.2) is 15.7 Å². The fourth-order valence-corrected chi connectivity index (χ4v) is 3.80. The van der Waals surface area contributed by atoms with E-state index in [-0.39, 0.29) is 11.9 Å². The zero-order valence-corrected chi connectivity index (χ0v) is 16.4. The molecule has 0 aromatic heterocycles. The van der Waals surface area contributed by atoms with E-state index in [4.69, 9.17) is 0 Å². The van der Waals surface area contributed by atoms with Crippen LogP contribution >= 0.6 is 8.38 Å². The predicted octanol–water partition coefficient (Wildman–Crippen LogP) is 4.32. The van der Waals surface area contributed by atoms with Crippen molar-refractivity contribution in [2.75, 3.05) is 5.32 Å². The maximum absolute atomic E-state index is 11.2. The minimum Gasteiger partial charge on any atom is -0.349 e. The van der Waals surface area contributed by atoms with Crippen molar-refractivity contribution in [2.45, 2.75) is 18.7 Å². The summed E-state index contributed by atoms with van der Waals surface area (Å²) in [7, 11) is -2.28. The van der Waals surface area contributed by atoms with Gasteiger partial charge in [-0.25, -0.2) is 0 Å². The summed E-state index contributed by atoms with van der Waals surface area (Å²) in [5, 5.41) is 6.12. The van der Waals surface area contributed by atoms with Gasteiger partial charge < -0.3 is 15.1 Å². The Morgan fingerprint density at radius 1 is 0.786 bits per heavy atom. The topological polar surface area (TPSA) is 81.6 Å². The SMILES string of the molecule is CC(=O)Nc1ccc(C(NC(c2ccccc2)c2ccccc2)P(O)O)cc1. The molecule has 0 heterocycles. The summed E-state index contributed by atoms with van der Waals surface area (Å²) < 4.78 is 0. The molecule has 5 nitrogen and oxygen atoms in total. The third-order valence-corrected chi connectivity index (χ3v) is 5.28. The van der Waals surface area contributed by atoms with Crippen LogP contribution in [-0.2, 0) is 4.79 Å². The molecular formula is C22H23N2O3P. The summed E-state index contributed by atoms with van der Waals surface area (Å²) in [6.07, 6.45) is 0. The Morgan fingerprint density at radius 3 is 1.71 bits per heavy atom. The first-order valence-corrected chi connectivity index (χ1v) is 10.3. The van der Waals surface area contributed by atoms with Crippen molar-refractivity contribution in [3.63, 3.8) is 0 Å². The molecule has 0 saturated carbocycles. The number of nitrogens with one attached hydrogen (secondary N) is 2. The Kier molecular flexibility index (Phi) is 6.90. The van der Waals surface area contributed by atoms with Gasteiger partial charge in [-0.05, 0) is 28.8 Å². The van der Waals surface area contributed by atoms with Gasteiger partial charge in [-0.15, -0.1) is 0 Å². The summed E-state index contributed by atoms with van der Waals surface area (Å²) in [6, 6.07) is 26.7. The van der Waals surface area contributed by atoms with Crippen molar-refractivity contribution < 1.29 is 14.6 Å². The minimum absolute atomic E-state index is 0.151. The molecule has 144 valence electrons. The van der Waals surface area contributed by atoms with Crippen LogP contribution in [0.4, 0.5) is 5.69 Å². The highest BCUT2D eigenvalue weighted by molar-refractivity contribution is 7.45. The normalized spacial score (nSPS) is 12.2. The second-order valence-corrected chi connectivity index (χ2v) is 7.60. The number of benzene rings is 3. The Bertz CT molecular complexity index is 847. The molecule has 0 radical (unpaired) electrons. The number of amides is 1. The third-order valence-electron chi connectivity index (χ3n) is 4.37. The van der Waals surface area contributed by atoms with E-state index < -0.39 is 14.2 Å². The van der Waals surface area contributed by atoms with Gasteiger partial charge in [0.2, 0.25) is 5.91 Å². The molecule has 0 aliphatic heterocycles. The highest BCUT2D eigenvalue weighted by Crippen LogP contribution is 2.44. The van der Waals surface area contributed by atoms with E-state index in [1.165, 1.54) is 6.92 Å². The summed E-state index contributed by atoms with van der Waals surface area (Å²) in [4.78, 5) is 31.4. The molecule has 0 fully saturated rings. The summed E-state index contributed by atoms with van der Waals surface area (Å²) in [5.41, 5.74) is 3.47. The van der Waals surface area contributed by atoms with Crippen LogP contribution in [0.2, 0.25) is 0 Å². The van der Waals surface area contributed by atoms with Crippen LogP contribution < -0.4 is 10.6 Å². The molecule has 6 heteroatoms. The van der Waals surface area contributed by atoms with Crippen LogP contribution in [0.1, 0.15) is 35.4 Å². The van der Waals surface area contributed by atoms with Crippen molar-refractivity contribution in [3.05, 3.63) is 102 Å². The van der Waals surface area contributed by atoms with Crippen molar-refractivity contribution in [2.24, 2.45) is 0 Å². The molecule has 3 aromatic rings. The zero-order valence-electron chi connectivity index (χ0n) is 15.5. The minimum atomic E-state index is -2.28. The number of rotatable bonds is 7. The van der Waals surface area contributed by atoms with Crippen molar-refractivity contribution in [3.8, 4) is 0 Å². The van der Waals surface area contributed by atoms with Crippen molar-refractivity contribution in [1.29, 1.82) is 0 Å². The monoisotopic (exact) mass is 394 g/mol. The van der Waals surface area contributed by atoms with E-state index in [2.05, 4.69) is 10.6 Å². The van der Waals surface area contributed by atoms with Gasteiger partial charge in [0.15, 0.2) is 8.38 Å². The number of hydrogen-bond acceptors (Lipinski definition) is 4. The molecule has 1 amide bonds. The average Bonchev–Trinajstić information content (AvgIpc) is 2.70. The molecule has 0 spiro atoms. The molecule has 0 bridgehead atoms. The van der Waals surface area contributed by atoms with Gasteiger partial charge in [-0.3, -0.25) is 10.1 Å². The fraction of sp³-hybridized carbons (Fsp3) is 0.136. The molecule has 28 heavy (non-hydrogen) atoms. The van der Waals surface area contributed by atoms with Crippen LogP contribution in [0.15, 0.2) is 84.9 Å². The van der Waals surface area contributed by atoms with Gasteiger partial charge in [0, 0.05) is 12.6 Å². The van der Waals surface area contributed by atoms with Crippen molar-refractivity contribution in [1.82, 2.24) is 5.32 Å². The highest BCUT2D eigenvalue weighted by Gasteiger charge is 2.25. The molecule has 1 unspecified atom stereocenters. The maximum atomic E-state index is 11.2. The van der Waals surface area contributed by atoms with Crippen LogP contribution in [0.5, 0.6) is 0 Å². The molecule has 4 N–H and O–H groups in total. The Labute approximate surface area is 166 Å². The molecule has 1 atom stereocenters. The molecule has 0 aliphatic carbocycles. The first-order valence-electron chi connectivity index (χ1n) is 8.95. The van der Waals surface area contributed by atoms with E-state index in [0.717, 1.165) is 16.7 Å². The largest absolute Gasteiger partial charge is 0.349 e. The lowest BCUT2D eigenvalue weighted by Gasteiger charge is -2.27. The lowest BCUT2D eigenvalue weighted by molar-refractivity contribution is -0.114. The van der Waals surface area contributed by atoms with Crippen LogP contribution in [0.3, 0.4) is 0 Å². The fourth-order valence-electron chi connectivity index (χ4n) is 3.08. The van der Waals surface area contributed by atoms with E-state index >= 15 is 0 Å².